The molecule has 0 saturated heterocycles. The molecule has 1 N–H and O–H groups in total. The van der Waals surface area contributed by atoms with Gasteiger partial charge in [0.05, 0.1) is 0 Å². The van der Waals surface area contributed by atoms with Gasteiger partial charge >= 0.3 is 0 Å². The minimum absolute atomic E-state index is 0.187. The van der Waals surface area contributed by atoms with Gasteiger partial charge in [-0.05, 0) is 36.7 Å². The zero-order valence-corrected chi connectivity index (χ0v) is 11.8. The number of hydrogen-bond donors (Lipinski definition) is 1. The van der Waals surface area contributed by atoms with E-state index in [1.54, 1.807) is 12.1 Å². The second-order valence-electron chi connectivity index (χ2n) is 4.50. The van der Waals surface area contributed by atoms with E-state index in [0.717, 1.165) is 17.7 Å². The van der Waals surface area contributed by atoms with Crippen LogP contribution < -0.4 is 5.32 Å². The average Bonchev–Trinajstić information content (AvgIpc) is 2.39. The van der Waals surface area contributed by atoms with Gasteiger partial charge in [0.25, 0.3) is 0 Å². The summed E-state index contributed by atoms with van der Waals surface area (Å²) in [6.45, 7) is 5.00. The third-order valence-corrected chi connectivity index (χ3v) is 3.49. The van der Waals surface area contributed by atoms with E-state index in [2.05, 4.69) is 19.2 Å². The second-order valence-corrected chi connectivity index (χ2v) is 4.90. The maximum absolute atomic E-state index is 13.7. The van der Waals surface area contributed by atoms with Crippen molar-refractivity contribution in [1.82, 2.24) is 5.32 Å². The van der Waals surface area contributed by atoms with Crippen LogP contribution in [0.25, 0.3) is 11.1 Å². The van der Waals surface area contributed by atoms with Crippen molar-refractivity contribution in [2.75, 3.05) is 6.54 Å². The van der Waals surface area contributed by atoms with Gasteiger partial charge in [0, 0.05) is 16.6 Å². The van der Waals surface area contributed by atoms with Gasteiger partial charge in [0.1, 0.15) is 5.82 Å². The van der Waals surface area contributed by atoms with Crippen molar-refractivity contribution in [1.29, 1.82) is 0 Å². The Morgan fingerprint density at radius 1 is 1.21 bits per heavy atom. The van der Waals surface area contributed by atoms with Crippen LogP contribution in [-0.2, 0) is 0 Å². The molecule has 1 atom stereocenters. The van der Waals surface area contributed by atoms with Crippen LogP contribution in [-0.4, -0.2) is 6.54 Å². The Kier molecular flexibility index (Phi) is 4.56. The molecule has 0 aliphatic carbocycles. The Labute approximate surface area is 118 Å². The lowest BCUT2D eigenvalue weighted by molar-refractivity contribution is 0.598. The van der Waals surface area contributed by atoms with Gasteiger partial charge in [-0.15, -0.1) is 0 Å². The maximum atomic E-state index is 13.7. The molecule has 0 aliphatic heterocycles. The van der Waals surface area contributed by atoms with Crippen LogP contribution in [0.4, 0.5) is 4.39 Å². The molecule has 0 aromatic heterocycles. The van der Waals surface area contributed by atoms with Crippen molar-refractivity contribution in [3.8, 4) is 11.1 Å². The molecule has 2 aromatic carbocycles. The Morgan fingerprint density at radius 3 is 2.58 bits per heavy atom. The molecule has 0 saturated carbocycles. The van der Waals surface area contributed by atoms with Crippen molar-refractivity contribution in [3.05, 3.63) is 58.9 Å². The highest BCUT2D eigenvalue weighted by atomic mass is 35.5. The molecule has 3 heteroatoms. The average molecular weight is 278 g/mol. The summed E-state index contributed by atoms with van der Waals surface area (Å²) < 4.78 is 13.7. The van der Waals surface area contributed by atoms with E-state index < -0.39 is 0 Å². The van der Waals surface area contributed by atoms with Gasteiger partial charge in [0.15, 0.2) is 0 Å². The van der Waals surface area contributed by atoms with Gasteiger partial charge in [-0.1, -0.05) is 48.9 Å². The number of halogens is 2. The SMILES string of the molecule is CCNC(C)c1ccc(-c2ccccc2F)cc1Cl. The first-order chi connectivity index (χ1) is 9.13. The summed E-state index contributed by atoms with van der Waals surface area (Å²) >= 11 is 6.30. The molecule has 1 unspecified atom stereocenters. The van der Waals surface area contributed by atoms with E-state index in [1.807, 2.05) is 24.3 Å². The fourth-order valence-corrected chi connectivity index (χ4v) is 2.50. The van der Waals surface area contributed by atoms with Gasteiger partial charge in [-0.3, -0.25) is 0 Å². The van der Waals surface area contributed by atoms with Crippen LogP contribution in [0.1, 0.15) is 25.5 Å². The molecule has 2 aromatic rings. The number of benzene rings is 2. The number of rotatable bonds is 4. The Hall–Kier alpha value is -1.38. The molecule has 1 nitrogen and oxygen atoms in total. The molecule has 2 rings (SSSR count). The van der Waals surface area contributed by atoms with Crippen LogP contribution in [0.2, 0.25) is 5.02 Å². The molecule has 0 aliphatic rings. The quantitative estimate of drug-likeness (QED) is 0.845. The Bertz CT molecular complexity index is 568. The van der Waals surface area contributed by atoms with Crippen LogP contribution >= 0.6 is 11.6 Å². The lowest BCUT2D eigenvalue weighted by atomic mass is 10.0. The molecule has 100 valence electrons. The Balaban J connectivity index is 2.37. The summed E-state index contributed by atoms with van der Waals surface area (Å²) in [6.07, 6.45) is 0. The fourth-order valence-electron chi connectivity index (χ4n) is 2.16. The van der Waals surface area contributed by atoms with Crippen LogP contribution in [0, 0.1) is 5.82 Å². The molecule has 0 bridgehead atoms. The molecule has 0 fully saturated rings. The maximum Gasteiger partial charge on any atom is 0.131 e. The largest absolute Gasteiger partial charge is 0.310 e. The first-order valence-electron chi connectivity index (χ1n) is 6.41. The molecule has 0 radical (unpaired) electrons. The van der Waals surface area contributed by atoms with E-state index in [1.165, 1.54) is 6.07 Å². The summed E-state index contributed by atoms with van der Waals surface area (Å²) in [6, 6.07) is 12.6. The highest BCUT2D eigenvalue weighted by Crippen LogP contribution is 2.30. The number of nitrogens with one attached hydrogen (secondary N) is 1. The van der Waals surface area contributed by atoms with Crippen molar-refractivity contribution < 1.29 is 4.39 Å². The minimum Gasteiger partial charge on any atom is -0.310 e. The summed E-state index contributed by atoms with van der Waals surface area (Å²) in [5.41, 5.74) is 2.41. The van der Waals surface area contributed by atoms with Crippen molar-refractivity contribution in [2.45, 2.75) is 19.9 Å². The lowest BCUT2D eigenvalue weighted by Crippen LogP contribution is -2.17. The Morgan fingerprint density at radius 2 is 1.95 bits per heavy atom. The van der Waals surface area contributed by atoms with E-state index >= 15 is 0 Å². The second kappa shape index (κ2) is 6.18. The standard InChI is InChI=1S/C16H17ClFN/c1-3-19-11(2)13-9-8-12(10-15(13)17)14-6-4-5-7-16(14)18/h4-11,19H,3H2,1-2H3. The number of hydrogen-bond acceptors (Lipinski definition) is 1. The highest BCUT2D eigenvalue weighted by Gasteiger charge is 2.11. The smallest absolute Gasteiger partial charge is 0.131 e. The summed E-state index contributed by atoms with van der Waals surface area (Å²) in [4.78, 5) is 0. The molecule has 0 amide bonds. The summed E-state index contributed by atoms with van der Waals surface area (Å²) in [5, 5.41) is 3.98. The van der Waals surface area contributed by atoms with E-state index in [-0.39, 0.29) is 11.9 Å². The minimum atomic E-state index is -0.231. The van der Waals surface area contributed by atoms with Gasteiger partial charge < -0.3 is 5.32 Å². The predicted octanol–water partition coefficient (Wildman–Crippen LogP) is 4.82. The normalized spacial score (nSPS) is 12.4. The van der Waals surface area contributed by atoms with Crippen LogP contribution in [0.15, 0.2) is 42.5 Å². The van der Waals surface area contributed by atoms with Crippen molar-refractivity contribution >= 4 is 11.6 Å². The van der Waals surface area contributed by atoms with Crippen LogP contribution in [0.3, 0.4) is 0 Å². The first kappa shape index (κ1) is 14.0. The zero-order chi connectivity index (χ0) is 13.8. The van der Waals surface area contributed by atoms with E-state index in [4.69, 9.17) is 11.6 Å². The van der Waals surface area contributed by atoms with Gasteiger partial charge in [-0.2, -0.15) is 0 Å². The van der Waals surface area contributed by atoms with Gasteiger partial charge in [-0.25, -0.2) is 4.39 Å². The van der Waals surface area contributed by atoms with Crippen molar-refractivity contribution in [3.63, 3.8) is 0 Å². The van der Waals surface area contributed by atoms with E-state index in [9.17, 15) is 4.39 Å². The monoisotopic (exact) mass is 277 g/mol. The van der Waals surface area contributed by atoms with E-state index in [0.29, 0.717) is 10.6 Å². The third kappa shape index (κ3) is 3.14. The molecular formula is C16H17ClFN. The lowest BCUT2D eigenvalue weighted by Gasteiger charge is -2.15. The molecule has 19 heavy (non-hydrogen) atoms. The highest BCUT2D eigenvalue weighted by molar-refractivity contribution is 6.31. The van der Waals surface area contributed by atoms with Crippen LogP contribution in [0.5, 0.6) is 0 Å². The molecule has 0 heterocycles. The predicted molar refractivity (Wildman–Crippen MR) is 78.9 cm³/mol. The topological polar surface area (TPSA) is 12.0 Å². The summed E-state index contributed by atoms with van der Waals surface area (Å²) in [5.74, 6) is -0.231. The van der Waals surface area contributed by atoms with Crippen molar-refractivity contribution in [2.24, 2.45) is 0 Å². The zero-order valence-electron chi connectivity index (χ0n) is 11.1. The van der Waals surface area contributed by atoms with Gasteiger partial charge in [0.2, 0.25) is 0 Å². The fraction of sp³-hybridized carbons (Fsp3) is 0.250. The summed E-state index contributed by atoms with van der Waals surface area (Å²) in [7, 11) is 0. The molecular weight excluding hydrogens is 261 g/mol. The molecule has 0 spiro atoms. The third-order valence-electron chi connectivity index (χ3n) is 3.16. The first-order valence-corrected chi connectivity index (χ1v) is 6.79.